The molecule has 20 heavy (non-hydrogen) atoms. The fraction of sp³-hybridized carbons (Fsp3) is 1.00. The first-order valence-electron chi connectivity index (χ1n) is 7.76. The molecule has 0 atom stereocenters. The van der Waals surface area contributed by atoms with Crippen molar-refractivity contribution in [1.82, 2.24) is 13.9 Å². The maximum absolute atomic E-state index is 12.5. The first-order chi connectivity index (χ1) is 9.31. The van der Waals surface area contributed by atoms with Gasteiger partial charge in [-0.15, -0.1) is 0 Å². The molecular formula is C14H29N3O2S. The zero-order valence-electron chi connectivity index (χ0n) is 13.1. The smallest absolute Gasteiger partial charge is 0.281 e. The molecule has 0 amide bonds. The van der Waals surface area contributed by atoms with E-state index in [4.69, 9.17) is 0 Å². The number of nitrogens with zero attached hydrogens (tertiary/aromatic N) is 2. The van der Waals surface area contributed by atoms with Crippen molar-refractivity contribution < 1.29 is 8.42 Å². The largest absolute Gasteiger partial charge is 0.314 e. The summed E-state index contributed by atoms with van der Waals surface area (Å²) in [7, 11) is -1.56. The van der Waals surface area contributed by atoms with Gasteiger partial charge < -0.3 is 5.32 Å². The maximum Gasteiger partial charge on any atom is 0.281 e. The van der Waals surface area contributed by atoms with E-state index in [0.29, 0.717) is 25.7 Å². The normalized spacial score (nSPS) is 24.2. The Morgan fingerprint density at radius 1 is 1.25 bits per heavy atom. The highest BCUT2D eigenvalue weighted by Crippen LogP contribution is 2.31. The van der Waals surface area contributed by atoms with Crippen LogP contribution in [0, 0.1) is 5.41 Å². The molecule has 1 aliphatic heterocycles. The van der Waals surface area contributed by atoms with Crippen molar-refractivity contribution in [3.05, 3.63) is 0 Å². The molecule has 2 fully saturated rings. The lowest BCUT2D eigenvalue weighted by atomic mass is 9.83. The third-order valence-corrected chi connectivity index (χ3v) is 6.44. The minimum absolute atomic E-state index is 0.277. The first kappa shape index (κ1) is 16.2. The average molecular weight is 303 g/mol. The van der Waals surface area contributed by atoms with E-state index in [-0.39, 0.29) is 5.41 Å². The van der Waals surface area contributed by atoms with Gasteiger partial charge in [-0.3, -0.25) is 0 Å². The number of hydrogen-bond donors (Lipinski definition) is 1. The van der Waals surface area contributed by atoms with E-state index >= 15 is 0 Å². The molecule has 1 aliphatic carbocycles. The summed E-state index contributed by atoms with van der Waals surface area (Å²) in [4.78, 5) is 0. The minimum Gasteiger partial charge on any atom is -0.314 e. The number of nitrogens with one attached hydrogen (secondary N) is 1. The van der Waals surface area contributed by atoms with Crippen LogP contribution in [-0.2, 0) is 10.2 Å². The molecule has 1 saturated heterocycles. The van der Waals surface area contributed by atoms with Crippen molar-refractivity contribution in [3.8, 4) is 0 Å². The van der Waals surface area contributed by atoms with Gasteiger partial charge in [-0.1, -0.05) is 13.8 Å². The van der Waals surface area contributed by atoms with Crippen LogP contribution in [0.3, 0.4) is 0 Å². The monoisotopic (exact) mass is 303 g/mol. The lowest BCUT2D eigenvalue weighted by molar-refractivity contribution is 0.189. The van der Waals surface area contributed by atoms with Gasteiger partial charge in [0.15, 0.2) is 0 Å². The van der Waals surface area contributed by atoms with Crippen molar-refractivity contribution in [2.45, 2.75) is 52.0 Å². The van der Waals surface area contributed by atoms with Crippen LogP contribution in [0.2, 0.25) is 0 Å². The summed E-state index contributed by atoms with van der Waals surface area (Å²) in [6, 6.07) is 0.696. The molecule has 1 heterocycles. The molecule has 1 saturated carbocycles. The molecule has 0 aromatic carbocycles. The molecule has 118 valence electrons. The van der Waals surface area contributed by atoms with Gasteiger partial charge in [0.05, 0.1) is 0 Å². The SMILES string of the molecule is CN(CCCNC1CC1)S(=O)(=O)N1CCC(C)(C)CC1. The standard InChI is InChI=1S/C14H29N3O2S/c1-14(2)7-11-17(12-8-14)20(18,19)16(3)10-4-9-15-13-5-6-13/h13,15H,4-12H2,1-3H3. The van der Waals surface area contributed by atoms with Crippen LogP contribution in [0.25, 0.3) is 0 Å². The second kappa shape index (κ2) is 6.30. The predicted octanol–water partition coefficient (Wildman–Crippen LogP) is 1.43. The van der Waals surface area contributed by atoms with Gasteiger partial charge >= 0.3 is 0 Å². The molecule has 0 spiro atoms. The van der Waals surface area contributed by atoms with Gasteiger partial charge in [-0.05, 0) is 44.1 Å². The quantitative estimate of drug-likeness (QED) is 0.724. The Morgan fingerprint density at radius 2 is 1.85 bits per heavy atom. The van der Waals surface area contributed by atoms with E-state index in [0.717, 1.165) is 25.8 Å². The fourth-order valence-electron chi connectivity index (χ4n) is 2.53. The third kappa shape index (κ3) is 4.41. The molecule has 0 aromatic rings. The van der Waals surface area contributed by atoms with Gasteiger partial charge in [0, 0.05) is 32.7 Å². The molecule has 2 aliphatic rings. The van der Waals surface area contributed by atoms with E-state index in [1.54, 1.807) is 11.4 Å². The molecule has 5 nitrogen and oxygen atoms in total. The van der Waals surface area contributed by atoms with Crippen molar-refractivity contribution >= 4 is 10.2 Å². The Labute approximate surface area is 123 Å². The Hall–Kier alpha value is -0.170. The zero-order chi connectivity index (χ0) is 14.8. The van der Waals surface area contributed by atoms with E-state index < -0.39 is 10.2 Å². The van der Waals surface area contributed by atoms with Crippen molar-refractivity contribution in [3.63, 3.8) is 0 Å². The van der Waals surface area contributed by atoms with Crippen molar-refractivity contribution in [1.29, 1.82) is 0 Å². The third-order valence-electron chi connectivity index (χ3n) is 4.46. The van der Waals surface area contributed by atoms with Crippen molar-refractivity contribution in [2.24, 2.45) is 5.41 Å². The Balaban J connectivity index is 1.76. The summed E-state index contributed by atoms with van der Waals surface area (Å²) in [6.07, 6.45) is 5.33. The minimum atomic E-state index is -3.26. The topological polar surface area (TPSA) is 52.7 Å². The summed E-state index contributed by atoms with van der Waals surface area (Å²) in [5, 5.41) is 3.42. The van der Waals surface area contributed by atoms with E-state index in [9.17, 15) is 8.42 Å². The molecule has 1 N–H and O–H groups in total. The summed E-state index contributed by atoms with van der Waals surface area (Å²) in [6.45, 7) is 7.24. The molecule has 0 unspecified atom stereocenters. The lowest BCUT2D eigenvalue weighted by Gasteiger charge is -2.37. The van der Waals surface area contributed by atoms with Crippen LogP contribution < -0.4 is 5.32 Å². The Kier molecular flexibility index (Phi) is 5.10. The van der Waals surface area contributed by atoms with E-state index in [1.165, 1.54) is 17.1 Å². The molecule has 0 radical (unpaired) electrons. The van der Waals surface area contributed by atoms with Gasteiger partial charge in [0.25, 0.3) is 10.2 Å². The molecule has 2 rings (SSSR count). The zero-order valence-corrected chi connectivity index (χ0v) is 13.9. The van der Waals surface area contributed by atoms with Gasteiger partial charge in [-0.2, -0.15) is 17.0 Å². The van der Waals surface area contributed by atoms with Crippen LogP contribution in [0.15, 0.2) is 0 Å². The van der Waals surface area contributed by atoms with E-state index in [1.807, 2.05) is 0 Å². The highest BCUT2D eigenvalue weighted by atomic mass is 32.2. The van der Waals surface area contributed by atoms with Gasteiger partial charge in [0.2, 0.25) is 0 Å². The summed E-state index contributed by atoms with van der Waals surface area (Å²) in [5.74, 6) is 0. The van der Waals surface area contributed by atoms with Crippen LogP contribution in [0.4, 0.5) is 0 Å². The second-order valence-electron chi connectivity index (χ2n) is 6.97. The molecule has 6 heteroatoms. The fourth-order valence-corrected chi connectivity index (χ4v) is 3.93. The number of piperidine rings is 1. The predicted molar refractivity (Wildman–Crippen MR) is 81.8 cm³/mol. The lowest BCUT2D eigenvalue weighted by Crippen LogP contribution is -2.47. The van der Waals surface area contributed by atoms with Crippen LogP contribution in [0.1, 0.15) is 46.0 Å². The highest BCUT2D eigenvalue weighted by Gasteiger charge is 2.33. The molecule has 0 aromatic heterocycles. The van der Waals surface area contributed by atoms with Gasteiger partial charge in [0.1, 0.15) is 0 Å². The van der Waals surface area contributed by atoms with Crippen LogP contribution in [0.5, 0.6) is 0 Å². The van der Waals surface area contributed by atoms with E-state index in [2.05, 4.69) is 19.2 Å². The summed E-state index contributed by atoms with van der Waals surface area (Å²) >= 11 is 0. The molecule has 0 bridgehead atoms. The highest BCUT2D eigenvalue weighted by molar-refractivity contribution is 7.86. The Morgan fingerprint density at radius 3 is 2.40 bits per heavy atom. The Bertz CT molecular complexity index is 408. The molecular weight excluding hydrogens is 274 g/mol. The van der Waals surface area contributed by atoms with Gasteiger partial charge in [-0.25, -0.2) is 0 Å². The van der Waals surface area contributed by atoms with Crippen molar-refractivity contribution in [2.75, 3.05) is 33.2 Å². The average Bonchev–Trinajstić information content (AvgIpc) is 3.17. The summed E-state index contributed by atoms with van der Waals surface area (Å²) in [5.41, 5.74) is 0.277. The summed E-state index contributed by atoms with van der Waals surface area (Å²) < 4.78 is 28.1. The van der Waals surface area contributed by atoms with Crippen LogP contribution in [-0.4, -0.2) is 56.3 Å². The first-order valence-corrected chi connectivity index (χ1v) is 9.16. The maximum atomic E-state index is 12.5. The number of hydrogen-bond acceptors (Lipinski definition) is 3. The van der Waals surface area contributed by atoms with Crippen LogP contribution >= 0.6 is 0 Å². The number of rotatable bonds is 7. The second-order valence-corrected chi connectivity index (χ2v) is 9.01.